The molecule has 0 heterocycles. The van der Waals surface area contributed by atoms with E-state index < -0.39 is 0 Å². The fourth-order valence-corrected chi connectivity index (χ4v) is 1.78. The second kappa shape index (κ2) is 4.86. The molecule has 0 spiro atoms. The first kappa shape index (κ1) is 10.0. The summed E-state index contributed by atoms with van der Waals surface area (Å²) in [6.07, 6.45) is 5.70. The van der Waals surface area contributed by atoms with Crippen molar-refractivity contribution in [2.45, 2.75) is 52.5 Å². The molecular weight excluding hydrogens is 146 g/mol. The molecule has 1 atom stereocenters. The first-order valence-corrected chi connectivity index (χ1v) is 5.47. The Morgan fingerprint density at radius 3 is 2.33 bits per heavy atom. The summed E-state index contributed by atoms with van der Waals surface area (Å²) < 4.78 is 0. The van der Waals surface area contributed by atoms with Gasteiger partial charge in [0.1, 0.15) is 0 Å². The van der Waals surface area contributed by atoms with Crippen molar-refractivity contribution in [3.05, 3.63) is 0 Å². The van der Waals surface area contributed by atoms with Crippen LogP contribution in [-0.2, 0) is 0 Å². The van der Waals surface area contributed by atoms with Gasteiger partial charge in [-0.05, 0) is 44.1 Å². The third-order valence-electron chi connectivity index (χ3n) is 2.71. The summed E-state index contributed by atoms with van der Waals surface area (Å²) in [4.78, 5) is 0. The molecule has 1 aliphatic carbocycles. The molecule has 1 saturated carbocycles. The zero-order valence-corrected chi connectivity index (χ0v) is 8.77. The zero-order valence-electron chi connectivity index (χ0n) is 8.77. The van der Waals surface area contributed by atoms with E-state index in [2.05, 4.69) is 26.1 Å². The van der Waals surface area contributed by atoms with Crippen LogP contribution < -0.4 is 5.32 Å². The maximum absolute atomic E-state index is 3.60. The van der Waals surface area contributed by atoms with Gasteiger partial charge in [-0.3, -0.25) is 0 Å². The Morgan fingerprint density at radius 1 is 1.25 bits per heavy atom. The SMILES string of the molecule is CCNC(CCC(C)C)C1CC1. The Kier molecular flexibility index (Phi) is 4.07. The van der Waals surface area contributed by atoms with Gasteiger partial charge in [0.25, 0.3) is 0 Å². The van der Waals surface area contributed by atoms with Crippen LogP contribution in [0.2, 0.25) is 0 Å². The number of rotatable bonds is 6. The van der Waals surface area contributed by atoms with Gasteiger partial charge in [-0.25, -0.2) is 0 Å². The van der Waals surface area contributed by atoms with E-state index in [4.69, 9.17) is 0 Å². The summed E-state index contributed by atoms with van der Waals surface area (Å²) in [6, 6.07) is 0.831. The zero-order chi connectivity index (χ0) is 8.97. The Bertz CT molecular complexity index is 116. The first-order chi connectivity index (χ1) is 5.74. The van der Waals surface area contributed by atoms with Gasteiger partial charge in [0.15, 0.2) is 0 Å². The van der Waals surface area contributed by atoms with E-state index in [1.807, 2.05) is 0 Å². The second-order valence-corrected chi connectivity index (χ2v) is 4.47. The van der Waals surface area contributed by atoms with E-state index in [1.165, 1.54) is 25.7 Å². The molecule has 0 aromatic carbocycles. The van der Waals surface area contributed by atoms with Crippen molar-refractivity contribution in [3.8, 4) is 0 Å². The van der Waals surface area contributed by atoms with Gasteiger partial charge in [-0.2, -0.15) is 0 Å². The number of hydrogen-bond donors (Lipinski definition) is 1. The summed E-state index contributed by atoms with van der Waals surface area (Å²) in [7, 11) is 0. The van der Waals surface area contributed by atoms with Crippen LogP contribution in [0.15, 0.2) is 0 Å². The minimum Gasteiger partial charge on any atom is -0.314 e. The standard InChI is InChI=1S/C11H23N/c1-4-12-11(10-6-7-10)8-5-9(2)3/h9-12H,4-8H2,1-3H3. The van der Waals surface area contributed by atoms with Crippen LogP contribution >= 0.6 is 0 Å². The van der Waals surface area contributed by atoms with Crippen molar-refractivity contribution in [3.63, 3.8) is 0 Å². The van der Waals surface area contributed by atoms with Crippen LogP contribution in [0.1, 0.15) is 46.5 Å². The maximum atomic E-state index is 3.60. The van der Waals surface area contributed by atoms with Gasteiger partial charge in [0, 0.05) is 6.04 Å². The molecule has 1 aliphatic rings. The normalized spacial score (nSPS) is 20.0. The molecule has 72 valence electrons. The van der Waals surface area contributed by atoms with Crippen molar-refractivity contribution >= 4 is 0 Å². The summed E-state index contributed by atoms with van der Waals surface area (Å²) in [6.45, 7) is 7.98. The predicted molar refractivity (Wildman–Crippen MR) is 54.3 cm³/mol. The topological polar surface area (TPSA) is 12.0 Å². The maximum Gasteiger partial charge on any atom is 0.00953 e. The number of hydrogen-bond acceptors (Lipinski definition) is 1. The lowest BCUT2D eigenvalue weighted by Crippen LogP contribution is -2.31. The third-order valence-corrected chi connectivity index (χ3v) is 2.71. The fraction of sp³-hybridized carbons (Fsp3) is 1.00. The fourth-order valence-electron chi connectivity index (χ4n) is 1.78. The molecule has 1 nitrogen and oxygen atoms in total. The van der Waals surface area contributed by atoms with E-state index >= 15 is 0 Å². The molecule has 0 aromatic heterocycles. The van der Waals surface area contributed by atoms with Crippen molar-refractivity contribution in [2.24, 2.45) is 11.8 Å². The second-order valence-electron chi connectivity index (χ2n) is 4.47. The molecule has 12 heavy (non-hydrogen) atoms. The van der Waals surface area contributed by atoms with E-state index in [1.54, 1.807) is 0 Å². The van der Waals surface area contributed by atoms with Gasteiger partial charge >= 0.3 is 0 Å². The van der Waals surface area contributed by atoms with Gasteiger partial charge in [0.2, 0.25) is 0 Å². The van der Waals surface area contributed by atoms with Crippen molar-refractivity contribution < 1.29 is 0 Å². The average Bonchev–Trinajstić information content (AvgIpc) is 2.79. The third kappa shape index (κ3) is 3.57. The monoisotopic (exact) mass is 169 g/mol. The lowest BCUT2D eigenvalue weighted by molar-refractivity contribution is 0.403. The molecule has 1 unspecified atom stereocenters. The van der Waals surface area contributed by atoms with Crippen LogP contribution in [0, 0.1) is 11.8 Å². The molecule has 1 heteroatoms. The molecule has 0 bridgehead atoms. The quantitative estimate of drug-likeness (QED) is 0.644. The minimum absolute atomic E-state index is 0.831. The average molecular weight is 169 g/mol. The molecule has 1 N–H and O–H groups in total. The highest BCUT2D eigenvalue weighted by Crippen LogP contribution is 2.34. The summed E-state index contributed by atoms with van der Waals surface area (Å²) >= 11 is 0. The Labute approximate surface area is 76.9 Å². The highest BCUT2D eigenvalue weighted by atomic mass is 14.9. The number of nitrogens with one attached hydrogen (secondary N) is 1. The molecule has 0 aliphatic heterocycles. The molecule has 1 fully saturated rings. The van der Waals surface area contributed by atoms with Crippen LogP contribution in [0.4, 0.5) is 0 Å². The largest absolute Gasteiger partial charge is 0.314 e. The van der Waals surface area contributed by atoms with Crippen molar-refractivity contribution in [1.82, 2.24) is 5.32 Å². The minimum atomic E-state index is 0.831. The van der Waals surface area contributed by atoms with Crippen LogP contribution in [0.25, 0.3) is 0 Å². The molecule has 0 radical (unpaired) electrons. The molecule has 0 saturated heterocycles. The van der Waals surface area contributed by atoms with E-state index in [-0.39, 0.29) is 0 Å². The molecular formula is C11H23N. The van der Waals surface area contributed by atoms with Crippen LogP contribution in [-0.4, -0.2) is 12.6 Å². The lowest BCUT2D eigenvalue weighted by Gasteiger charge is -2.17. The highest BCUT2D eigenvalue weighted by molar-refractivity contribution is 4.86. The van der Waals surface area contributed by atoms with E-state index in [9.17, 15) is 0 Å². The molecule has 0 amide bonds. The van der Waals surface area contributed by atoms with Gasteiger partial charge in [-0.15, -0.1) is 0 Å². The smallest absolute Gasteiger partial charge is 0.00953 e. The molecule has 0 aromatic rings. The summed E-state index contributed by atoms with van der Waals surface area (Å²) in [5.74, 6) is 1.88. The van der Waals surface area contributed by atoms with Gasteiger partial charge in [0.05, 0.1) is 0 Å². The molecule has 1 rings (SSSR count). The highest BCUT2D eigenvalue weighted by Gasteiger charge is 2.29. The first-order valence-electron chi connectivity index (χ1n) is 5.47. The van der Waals surface area contributed by atoms with Crippen LogP contribution in [0.5, 0.6) is 0 Å². The van der Waals surface area contributed by atoms with Gasteiger partial charge < -0.3 is 5.32 Å². The predicted octanol–water partition coefficient (Wildman–Crippen LogP) is 2.81. The Balaban J connectivity index is 2.13. The summed E-state index contributed by atoms with van der Waals surface area (Å²) in [5, 5.41) is 3.60. The van der Waals surface area contributed by atoms with Gasteiger partial charge in [-0.1, -0.05) is 20.8 Å². The van der Waals surface area contributed by atoms with Crippen molar-refractivity contribution in [2.75, 3.05) is 6.54 Å². The lowest BCUT2D eigenvalue weighted by atomic mass is 10.0. The van der Waals surface area contributed by atoms with Crippen LogP contribution in [0.3, 0.4) is 0 Å². The van der Waals surface area contributed by atoms with E-state index in [0.29, 0.717) is 0 Å². The van der Waals surface area contributed by atoms with Crippen molar-refractivity contribution in [1.29, 1.82) is 0 Å². The Hall–Kier alpha value is -0.0400. The van der Waals surface area contributed by atoms with E-state index in [0.717, 1.165) is 24.4 Å². The summed E-state index contributed by atoms with van der Waals surface area (Å²) in [5.41, 5.74) is 0. The Morgan fingerprint density at radius 2 is 1.92 bits per heavy atom.